The third-order valence-electron chi connectivity index (χ3n) is 1.99. The number of hydrogen-bond donors (Lipinski definition) is 8. The fraction of sp³-hybridized carbons (Fsp3) is 0.778. The van der Waals surface area contributed by atoms with E-state index in [0.29, 0.717) is 0 Å². The Balaban J connectivity index is 0. The smallest absolute Gasteiger partial charge is 0.394 e. The average molecular weight is 350 g/mol. The molecule has 0 spiro atoms. The third kappa shape index (κ3) is 11.8. The molecule has 1 unspecified atom stereocenters. The lowest BCUT2D eigenvalue weighted by molar-refractivity contribution is -0.136. The molecule has 22 heavy (non-hydrogen) atoms. The highest BCUT2D eigenvalue weighted by molar-refractivity contribution is 7.46. The van der Waals surface area contributed by atoms with Crippen LogP contribution >= 0.6 is 7.82 Å². The number of aldehydes is 2. The van der Waals surface area contributed by atoms with Crippen LogP contribution < -0.4 is 0 Å². The number of hydrogen-bond acceptors (Lipinski definition) is 10. The molecule has 0 heterocycles. The molecule has 0 aliphatic rings. The Morgan fingerprint density at radius 1 is 0.955 bits per heavy atom. The van der Waals surface area contributed by atoms with Gasteiger partial charge in [0, 0.05) is 0 Å². The minimum Gasteiger partial charge on any atom is -0.394 e. The lowest BCUT2D eigenvalue weighted by Gasteiger charge is -2.22. The van der Waals surface area contributed by atoms with Crippen molar-refractivity contribution in [3.8, 4) is 0 Å². The maximum Gasteiger partial charge on any atom is 0.469 e. The number of aliphatic hydroxyl groups is 6. The molecule has 0 saturated carbocycles. The third-order valence-corrected chi connectivity index (χ3v) is 2.48. The van der Waals surface area contributed by atoms with E-state index in [9.17, 15) is 14.2 Å². The van der Waals surface area contributed by atoms with E-state index >= 15 is 0 Å². The van der Waals surface area contributed by atoms with Crippen molar-refractivity contribution in [2.24, 2.45) is 0 Å². The molecule has 0 aromatic heterocycles. The molecule has 0 bridgehead atoms. The Bertz CT molecular complexity index is 357. The molecular weight excluding hydrogens is 331 g/mol. The van der Waals surface area contributed by atoms with E-state index in [4.69, 9.17) is 40.4 Å². The molecular formula is C9H19O12P. The molecule has 12 nitrogen and oxygen atoms in total. The van der Waals surface area contributed by atoms with Gasteiger partial charge in [0.25, 0.3) is 0 Å². The summed E-state index contributed by atoms with van der Waals surface area (Å²) < 4.78 is 13.7. The van der Waals surface area contributed by atoms with Crippen LogP contribution in [0.15, 0.2) is 0 Å². The number of rotatable bonds is 9. The van der Waals surface area contributed by atoms with Gasteiger partial charge in [0.05, 0.1) is 13.2 Å². The average Bonchev–Trinajstić information content (AvgIpc) is 2.49. The summed E-state index contributed by atoms with van der Waals surface area (Å²) in [5.74, 6) is 0. The van der Waals surface area contributed by atoms with Crippen LogP contribution in [0.1, 0.15) is 0 Å². The van der Waals surface area contributed by atoms with Crippen molar-refractivity contribution in [2.75, 3.05) is 13.2 Å². The normalized spacial score (nSPS) is 18.2. The number of carbonyl (C=O) groups excluding carboxylic acids is 2. The molecule has 0 aromatic carbocycles. The molecule has 0 fully saturated rings. The molecule has 0 saturated heterocycles. The second kappa shape index (κ2) is 11.7. The van der Waals surface area contributed by atoms with Crippen molar-refractivity contribution in [3.63, 3.8) is 0 Å². The predicted octanol–water partition coefficient (Wildman–Crippen LogP) is -4.72. The number of phosphoric acid groups is 1. The SMILES string of the molecule is O=CC(O)COP(=O)(O)O.O=C[C@H](O)[C@@H](O)[C@H](O)[C@H](O)CO. The molecule has 132 valence electrons. The number of aliphatic hydroxyl groups excluding tert-OH is 6. The largest absolute Gasteiger partial charge is 0.469 e. The van der Waals surface area contributed by atoms with Crippen molar-refractivity contribution in [3.05, 3.63) is 0 Å². The second-order valence-electron chi connectivity index (χ2n) is 3.85. The molecule has 0 aliphatic carbocycles. The molecule has 0 aromatic rings. The first-order valence-corrected chi connectivity index (χ1v) is 7.15. The molecule has 0 radical (unpaired) electrons. The van der Waals surface area contributed by atoms with Crippen LogP contribution in [0.3, 0.4) is 0 Å². The van der Waals surface area contributed by atoms with Crippen molar-refractivity contribution in [1.29, 1.82) is 0 Å². The zero-order valence-electron chi connectivity index (χ0n) is 11.1. The van der Waals surface area contributed by atoms with Crippen molar-refractivity contribution in [2.45, 2.75) is 30.5 Å². The van der Waals surface area contributed by atoms with Gasteiger partial charge in [0.1, 0.15) is 30.5 Å². The van der Waals surface area contributed by atoms with Crippen LogP contribution in [0.25, 0.3) is 0 Å². The quantitative estimate of drug-likeness (QED) is 0.145. The minimum atomic E-state index is -4.55. The van der Waals surface area contributed by atoms with Gasteiger partial charge < -0.3 is 50.0 Å². The van der Waals surface area contributed by atoms with Crippen LogP contribution in [-0.4, -0.2) is 96.7 Å². The lowest BCUT2D eigenvalue weighted by Crippen LogP contribution is -2.46. The maximum atomic E-state index is 9.90. The van der Waals surface area contributed by atoms with Gasteiger partial charge in [-0.3, -0.25) is 4.52 Å². The minimum absolute atomic E-state index is 0.0258. The molecule has 13 heteroatoms. The van der Waals surface area contributed by atoms with Gasteiger partial charge in [0.15, 0.2) is 12.6 Å². The zero-order chi connectivity index (χ0) is 17.9. The van der Waals surface area contributed by atoms with Gasteiger partial charge in [-0.1, -0.05) is 0 Å². The summed E-state index contributed by atoms with van der Waals surface area (Å²) in [5.41, 5.74) is 0. The summed E-state index contributed by atoms with van der Waals surface area (Å²) in [6.07, 6.45) is -8.20. The molecule has 0 amide bonds. The second-order valence-corrected chi connectivity index (χ2v) is 5.09. The first kappa shape index (κ1) is 23.5. The Hall–Kier alpha value is -0.790. The standard InChI is InChI=1S/C6H12O6.C3H7O6P/c7-1-3(9)5(11)6(12)4(10)2-8;4-1-3(5)2-9-10(6,7)8/h1,3-6,8-12H,2H2;1,3,5H,2H2,(H2,6,7,8)/t3-,4+,5+,6+;/m0./s1. The fourth-order valence-electron chi connectivity index (χ4n) is 0.831. The van der Waals surface area contributed by atoms with E-state index in [2.05, 4.69) is 4.52 Å². The lowest BCUT2D eigenvalue weighted by atomic mass is 10.0. The summed E-state index contributed by atoms with van der Waals surface area (Å²) >= 11 is 0. The van der Waals surface area contributed by atoms with E-state index in [1.807, 2.05) is 0 Å². The van der Waals surface area contributed by atoms with Crippen LogP contribution in [0.4, 0.5) is 0 Å². The van der Waals surface area contributed by atoms with E-state index in [0.717, 1.165) is 0 Å². The first-order chi connectivity index (χ1) is 9.99. The van der Waals surface area contributed by atoms with Gasteiger partial charge in [0.2, 0.25) is 0 Å². The Morgan fingerprint density at radius 2 is 1.45 bits per heavy atom. The van der Waals surface area contributed by atoms with E-state index in [-0.39, 0.29) is 12.6 Å². The summed E-state index contributed by atoms with van der Waals surface area (Å²) in [6, 6.07) is 0. The van der Waals surface area contributed by atoms with Crippen LogP contribution in [0.5, 0.6) is 0 Å². The Kier molecular flexibility index (Phi) is 12.5. The van der Waals surface area contributed by atoms with Crippen LogP contribution in [-0.2, 0) is 18.7 Å². The Labute approximate surface area is 124 Å². The Morgan fingerprint density at radius 3 is 1.77 bits per heavy atom. The highest BCUT2D eigenvalue weighted by Crippen LogP contribution is 2.35. The first-order valence-electron chi connectivity index (χ1n) is 5.62. The molecule has 8 N–H and O–H groups in total. The van der Waals surface area contributed by atoms with Gasteiger partial charge in [-0.15, -0.1) is 0 Å². The summed E-state index contributed by atoms with van der Waals surface area (Å²) in [6.45, 7) is -1.45. The van der Waals surface area contributed by atoms with Crippen molar-refractivity contribution < 1.29 is 59.1 Å². The molecule has 5 atom stereocenters. The summed E-state index contributed by atoms with van der Waals surface area (Å²) in [4.78, 5) is 35.6. The van der Waals surface area contributed by atoms with Crippen LogP contribution in [0.2, 0.25) is 0 Å². The van der Waals surface area contributed by atoms with Crippen molar-refractivity contribution in [1.82, 2.24) is 0 Å². The topological polar surface area (TPSA) is 222 Å². The highest BCUT2D eigenvalue weighted by atomic mass is 31.2. The number of carbonyl (C=O) groups is 2. The van der Waals surface area contributed by atoms with E-state index in [1.54, 1.807) is 0 Å². The summed E-state index contributed by atoms with van der Waals surface area (Å²) in [5, 5.41) is 51.9. The van der Waals surface area contributed by atoms with Gasteiger partial charge in [-0.05, 0) is 0 Å². The van der Waals surface area contributed by atoms with Gasteiger partial charge >= 0.3 is 7.82 Å². The fourth-order valence-corrected chi connectivity index (χ4v) is 1.18. The van der Waals surface area contributed by atoms with Gasteiger partial charge in [-0.2, -0.15) is 0 Å². The zero-order valence-corrected chi connectivity index (χ0v) is 12.0. The van der Waals surface area contributed by atoms with Crippen LogP contribution in [0, 0.1) is 0 Å². The number of phosphoric ester groups is 1. The highest BCUT2D eigenvalue weighted by Gasteiger charge is 2.29. The molecule has 0 aliphatic heterocycles. The van der Waals surface area contributed by atoms with E-state index < -0.39 is 51.6 Å². The van der Waals surface area contributed by atoms with E-state index in [1.165, 1.54) is 0 Å². The van der Waals surface area contributed by atoms with Crippen molar-refractivity contribution >= 4 is 20.4 Å². The summed E-state index contributed by atoms with van der Waals surface area (Å²) in [7, 11) is -4.55. The predicted molar refractivity (Wildman–Crippen MR) is 67.2 cm³/mol. The maximum absolute atomic E-state index is 9.90. The molecule has 0 rings (SSSR count). The monoisotopic (exact) mass is 350 g/mol. The van der Waals surface area contributed by atoms with Gasteiger partial charge in [-0.25, -0.2) is 4.57 Å².